The second-order valence-corrected chi connectivity index (χ2v) is 7.15. The van der Waals surface area contributed by atoms with Crippen molar-refractivity contribution in [3.63, 3.8) is 0 Å². The van der Waals surface area contributed by atoms with E-state index in [4.69, 9.17) is 4.74 Å². The number of benzene rings is 1. The SMILES string of the molecule is COc1ccc(CC(=O)N2CCN(C(=O)C3CSCN3)CC2)cc1F. The number of nitrogens with zero attached hydrogens (tertiary/aromatic N) is 2. The summed E-state index contributed by atoms with van der Waals surface area (Å²) in [4.78, 5) is 28.3. The lowest BCUT2D eigenvalue weighted by atomic mass is 10.1. The topological polar surface area (TPSA) is 61.9 Å². The molecule has 1 atom stereocenters. The van der Waals surface area contributed by atoms with Gasteiger partial charge < -0.3 is 14.5 Å². The molecule has 25 heavy (non-hydrogen) atoms. The average Bonchev–Trinajstić information content (AvgIpc) is 3.16. The number of methoxy groups -OCH3 is 1. The summed E-state index contributed by atoms with van der Waals surface area (Å²) in [6, 6.07) is 4.46. The van der Waals surface area contributed by atoms with Crippen LogP contribution in [-0.4, -0.2) is 72.6 Å². The molecule has 1 aromatic carbocycles. The molecular weight excluding hydrogens is 345 g/mol. The highest BCUT2D eigenvalue weighted by Gasteiger charge is 2.30. The Balaban J connectivity index is 1.51. The minimum absolute atomic E-state index is 0.0498. The van der Waals surface area contributed by atoms with E-state index in [9.17, 15) is 14.0 Å². The third-order valence-corrected chi connectivity index (χ3v) is 5.47. The van der Waals surface area contributed by atoms with Gasteiger partial charge in [-0.2, -0.15) is 0 Å². The molecule has 1 N–H and O–H groups in total. The Bertz CT molecular complexity index is 644. The summed E-state index contributed by atoms with van der Waals surface area (Å²) < 4.78 is 18.6. The monoisotopic (exact) mass is 367 g/mol. The van der Waals surface area contributed by atoms with Crippen LogP contribution in [0.15, 0.2) is 18.2 Å². The highest BCUT2D eigenvalue weighted by atomic mass is 32.2. The molecule has 6 nitrogen and oxygen atoms in total. The van der Waals surface area contributed by atoms with Gasteiger partial charge in [0.05, 0.1) is 19.6 Å². The van der Waals surface area contributed by atoms with E-state index in [1.54, 1.807) is 22.7 Å². The zero-order chi connectivity index (χ0) is 17.8. The lowest BCUT2D eigenvalue weighted by molar-refractivity contribution is -0.140. The maximum atomic E-state index is 13.7. The summed E-state index contributed by atoms with van der Waals surface area (Å²) in [6.07, 6.45) is 0.148. The summed E-state index contributed by atoms with van der Waals surface area (Å²) in [7, 11) is 1.41. The van der Waals surface area contributed by atoms with Gasteiger partial charge in [-0.05, 0) is 17.7 Å². The molecule has 2 amide bonds. The molecule has 1 aromatic rings. The number of carbonyl (C=O) groups excluding carboxylic acids is 2. The number of piperazine rings is 1. The number of amides is 2. The normalized spacial score (nSPS) is 20.6. The number of hydrogen-bond acceptors (Lipinski definition) is 5. The maximum Gasteiger partial charge on any atom is 0.240 e. The van der Waals surface area contributed by atoms with Crippen LogP contribution in [0.1, 0.15) is 5.56 Å². The number of ether oxygens (including phenoxy) is 1. The average molecular weight is 367 g/mol. The number of nitrogens with one attached hydrogen (secondary N) is 1. The van der Waals surface area contributed by atoms with Gasteiger partial charge in [-0.25, -0.2) is 4.39 Å². The molecule has 8 heteroatoms. The first-order valence-electron chi connectivity index (χ1n) is 8.28. The van der Waals surface area contributed by atoms with Crippen LogP contribution in [-0.2, 0) is 16.0 Å². The van der Waals surface area contributed by atoms with Gasteiger partial charge in [0.15, 0.2) is 11.6 Å². The Morgan fingerprint density at radius 1 is 1.28 bits per heavy atom. The van der Waals surface area contributed by atoms with Crippen LogP contribution < -0.4 is 10.1 Å². The Kier molecular flexibility index (Phi) is 5.80. The first kappa shape index (κ1) is 18.0. The predicted octanol–water partition coefficient (Wildman–Crippen LogP) is 0.710. The Hall–Kier alpha value is -1.80. The quantitative estimate of drug-likeness (QED) is 0.849. The van der Waals surface area contributed by atoms with Gasteiger partial charge in [0.25, 0.3) is 0 Å². The molecule has 3 rings (SSSR count). The highest BCUT2D eigenvalue weighted by Crippen LogP contribution is 2.19. The van der Waals surface area contributed by atoms with Crippen molar-refractivity contribution in [1.29, 1.82) is 0 Å². The number of halogens is 1. The molecule has 2 heterocycles. The van der Waals surface area contributed by atoms with Gasteiger partial charge in [0, 0.05) is 37.8 Å². The molecule has 0 aromatic heterocycles. The smallest absolute Gasteiger partial charge is 0.240 e. The molecule has 2 saturated heterocycles. The van der Waals surface area contributed by atoms with Gasteiger partial charge in [0.1, 0.15) is 0 Å². The fourth-order valence-corrected chi connectivity index (χ4v) is 3.99. The summed E-state index contributed by atoms with van der Waals surface area (Å²) in [6.45, 7) is 2.13. The van der Waals surface area contributed by atoms with E-state index in [0.29, 0.717) is 31.7 Å². The first-order chi connectivity index (χ1) is 12.1. The molecule has 0 bridgehead atoms. The van der Waals surface area contributed by atoms with Crippen molar-refractivity contribution in [2.24, 2.45) is 0 Å². The predicted molar refractivity (Wildman–Crippen MR) is 94.1 cm³/mol. The van der Waals surface area contributed by atoms with Crippen molar-refractivity contribution < 1.29 is 18.7 Å². The van der Waals surface area contributed by atoms with E-state index < -0.39 is 5.82 Å². The second-order valence-electron chi connectivity index (χ2n) is 6.12. The largest absolute Gasteiger partial charge is 0.494 e. The zero-order valence-electron chi connectivity index (χ0n) is 14.2. The number of thioether (sulfide) groups is 1. The summed E-state index contributed by atoms with van der Waals surface area (Å²) in [5.41, 5.74) is 0.619. The molecule has 0 aliphatic carbocycles. The first-order valence-corrected chi connectivity index (χ1v) is 9.44. The number of rotatable bonds is 4. The minimum atomic E-state index is -0.467. The molecular formula is C17H22FN3O3S. The van der Waals surface area contributed by atoms with E-state index in [0.717, 1.165) is 11.6 Å². The third kappa shape index (κ3) is 4.24. The highest BCUT2D eigenvalue weighted by molar-refractivity contribution is 7.99. The van der Waals surface area contributed by atoms with Crippen molar-refractivity contribution in [3.8, 4) is 5.75 Å². The van der Waals surface area contributed by atoms with Crippen LogP contribution >= 0.6 is 11.8 Å². The molecule has 1 unspecified atom stereocenters. The van der Waals surface area contributed by atoms with Crippen LogP contribution in [0.5, 0.6) is 5.75 Å². The van der Waals surface area contributed by atoms with E-state index in [1.165, 1.54) is 19.2 Å². The Morgan fingerprint density at radius 3 is 2.60 bits per heavy atom. The van der Waals surface area contributed by atoms with E-state index >= 15 is 0 Å². The lowest BCUT2D eigenvalue weighted by Gasteiger charge is -2.36. The second kappa shape index (κ2) is 8.05. The van der Waals surface area contributed by atoms with Crippen molar-refractivity contribution in [2.45, 2.75) is 12.5 Å². The number of carbonyl (C=O) groups is 2. The van der Waals surface area contributed by atoms with Gasteiger partial charge in [-0.1, -0.05) is 6.07 Å². The Labute approximate surface area is 150 Å². The molecule has 0 spiro atoms. The molecule has 2 aliphatic heterocycles. The van der Waals surface area contributed by atoms with Gasteiger partial charge in [0.2, 0.25) is 11.8 Å². The van der Waals surface area contributed by atoms with E-state index in [1.807, 2.05) is 4.90 Å². The van der Waals surface area contributed by atoms with Crippen LogP contribution in [0.4, 0.5) is 4.39 Å². The van der Waals surface area contributed by atoms with Crippen LogP contribution in [0.2, 0.25) is 0 Å². The van der Waals surface area contributed by atoms with Gasteiger partial charge in [-0.15, -0.1) is 11.8 Å². The Morgan fingerprint density at radius 2 is 2.00 bits per heavy atom. The number of hydrogen-bond donors (Lipinski definition) is 1. The standard InChI is InChI=1S/C17H22FN3O3S/c1-24-15-3-2-12(8-13(15)18)9-16(22)20-4-6-21(7-5-20)17(23)14-10-25-11-19-14/h2-3,8,14,19H,4-7,9-11H2,1H3. The van der Waals surface area contributed by atoms with Crippen molar-refractivity contribution in [1.82, 2.24) is 15.1 Å². The van der Waals surface area contributed by atoms with Gasteiger partial charge in [-0.3, -0.25) is 14.9 Å². The van der Waals surface area contributed by atoms with Gasteiger partial charge >= 0.3 is 0 Å². The molecule has 2 aliphatic rings. The van der Waals surface area contributed by atoms with Crippen molar-refractivity contribution in [2.75, 3.05) is 44.9 Å². The minimum Gasteiger partial charge on any atom is -0.494 e. The third-order valence-electron chi connectivity index (χ3n) is 4.53. The van der Waals surface area contributed by atoms with Crippen LogP contribution in [0.3, 0.4) is 0 Å². The molecule has 136 valence electrons. The molecule has 2 fully saturated rings. The van der Waals surface area contributed by atoms with Crippen LogP contribution in [0.25, 0.3) is 0 Å². The van der Waals surface area contributed by atoms with E-state index in [2.05, 4.69) is 5.32 Å². The summed E-state index contributed by atoms with van der Waals surface area (Å²) in [5, 5.41) is 3.18. The summed E-state index contributed by atoms with van der Waals surface area (Å²) >= 11 is 1.72. The summed E-state index contributed by atoms with van der Waals surface area (Å²) in [5.74, 6) is 1.39. The lowest BCUT2D eigenvalue weighted by Crippen LogP contribution is -2.54. The zero-order valence-corrected chi connectivity index (χ0v) is 15.0. The molecule has 0 saturated carbocycles. The maximum absolute atomic E-state index is 13.7. The van der Waals surface area contributed by atoms with Crippen molar-refractivity contribution in [3.05, 3.63) is 29.6 Å². The van der Waals surface area contributed by atoms with E-state index in [-0.39, 0.29) is 30.0 Å². The van der Waals surface area contributed by atoms with Crippen LogP contribution in [0, 0.1) is 5.82 Å². The fraction of sp³-hybridized carbons (Fsp3) is 0.529. The fourth-order valence-electron chi connectivity index (χ4n) is 3.06. The van der Waals surface area contributed by atoms with Crippen molar-refractivity contribution >= 4 is 23.6 Å². The molecule has 0 radical (unpaired) electrons.